The van der Waals surface area contributed by atoms with Gasteiger partial charge in [-0.2, -0.15) is 0 Å². The van der Waals surface area contributed by atoms with Crippen LogP contribution in [0.2, 0.25) is 0 Å². The van der Waals surface area contributed by atoms with Crippen molar-refractivity contribution in [3.8, 4) is 5.75 Å². The predicted octanol–water partition coefficient (Wildman–Crippen LogP) is 3.45. The van der Waals surface area contributed by atoms with E-state index in [1.165, 1.54) is 0 Å². The van der Waals surface area contributed by atoms with Gasteiger partial charge in [-0.15, -0.1) is 0 Å². The first-order chi connectivity index (χ1) is 8.70. The van der Waals surface area contributed by atoms with Gasteiger partial charge < -0.3 is 14.6 Å². The predicted molar refractivity (Wildman–Crippen MR) is 73.9 cm³/mol. The summed E-state index contributed by atoms with van der Waals surface area (Å²) in [6, 6.07) is 5.72. The van der Waals surface area contributed by atoms with Gasteiger partial charge in [0.1, 0.15) is 5.75 Å². The zero-order valence-corrected chi connectivity index (χ0v) is 12.1. The van der Waals surface area contributed by atoms with E-state index in [-0.39, 0.29) is 6.10 Å². The molecular weight excluding hydrogens is 296 g/mol. The van der Waals surface area contributed by atoms with E-state index in [2.05, 4.69) is 15.9 Å². The SMILES string of the molecule is CCOc1ccc(C(O)CC2CCCO2)cc1Br. The van der Waals surface area contributed by atoms with Crippen molar-refractivity contribution >= 4 is 15.9 Å². The zero-order valence-electron chi connectivity index (χ0n) is 10.6. The summed E-state index contributed by atoms with van der Waals surface area (Å²) in [5.41, 5.74) is 0.904. The van der Waals surface area contributed by atoms with Gasteiger partial charge in [0.25, 0.3) is 0 Å². The molecule has 2 atom stereocenters. The highest BCUT2D eigenvalue weighted by Crippen LogP contribution is 2.31. The summed E-state index contributed by atoms with van der Waals surface area (Å²) in [5, 5.41) is 10.2. The van der Waals surface area contributed by atoms with Crippen LogP contribution in [-0.4, -0.2) is 24.4 Å². The van der Waals surface area contributed by atoms with Gasteiger partial charge in [-0.3, -0.25) is 0 Å². The molecule has 4 heteroatoms. The van der Waals surface area contributed by atoms with Gasteiger partial charge in [0.2, 0.25) is 0 Å². The van der Waals surface area contributed by atoms with Gasteiger partial charge >= 0.3 is 0 Å². The first kappa shape index (κ1) is 13.8. The van der Waals surface area contributed by atoms with Gasteiger partial charge in [0.05, 0.1) is 23.3 Å². The Labute approximate surface area is 116 Å². The molecule has 1 fully saturated rings. The minimum atomic E-state index is -0.472. The van der Waals surface area contributed by atoms with Gasteiger partial charge in [-0.25, -0.2) is 0 Å². The van der Waals surface area contributed by atoms with Crippen LogP contribution in [0.25, 0.3) is 0 Å². The average Bonchev–Trinajstić information content (AvgIpc) is 2.84. The standard InChI is InChI=1S/C14H19BrO3/c1-2-17-14-6-5-10(8-12(14)15)13(16)9-11-4-3-7-18-11/h5-6,8,11,13,16H,2-4,7,9H2,1H3. The molecule has 1 saturated heterocycles. The van der Waals surface area contributed by atoms with Crippen molar-refractivity contribution in [2.75, 3.05) is 13.2 Å². The lowest BCUT2D eigenvalue weighted by molar-refractivity contribution is 0.0535. The van der Waals surface area contributed by atoms with Crippen molar-refractivity contribution in [3.05, 3.63) is 28.2 Å². The third kappa shape index (κ3) is 3.46. The highest BCUT2D eigenvalue weighted by Gasteiger charge is 2.20. The van der Waals surface area contributed by atoms with Gasteiger partial charge in [0.15, 0.2) is 0 Å². The third-order valence-electron chi connectivity index (χ3n) is 3.15. The fourth-order valence-electron chi connectivity index (χ4n) is 2.21. The fourth-order valence-corrected chi connectivity index (χ4v) is 2.72. The second-order valence-corrected chi connectivity index (χ2v) is 5.36. The molecule has 1 aliphatic heterocycles. The maximum atomic E-state index is 10.2. The first-order valence-corrected chi connectivity index (χ1v) is 7.22. The van der Waals surface area contributed by atoms with Crippen molar-refractivity contribution in [1.29, 1.82) is 0 Å². The molecule has 100 valence electrons. The van der Waals surface area contributed by atoms with Crippen molar-refractivity contribution in [2.45, 2.75) is 38.4 Å². The van der Waals surface area contributed by atoms with E-state index in [0.29, 0.717) is 13.0 Å². The van der Waals surface area contributed by atoms with Crippen molar-refractivity contribution in [3.63, 3.8) is 0 Å². The normalized spacial score (nSPS) is 20.9. The molecule has 3 nitrogen and oxygen atoms in total. The Bertz CT molecular complexity index is 389. The maximum Gasteiger partial charge on any atom is 0.133 e. The molecule has 0 bridgehead atoms. The second kappa shape index (κ2) is 6.55. The van der Waals surface area contributed by atoms with Crippen LogP contribution in [0.15, 0.2) is 22.7 Å². The van der Waals surface area contributed by atoms with E-state index in [9.17, 15) is 5.11 Å². The van der Waals surface area contributed by atoms with E-state index in [1.807, 2.05) is 25.1 Å². The Morgan fingerprint density at radius 3 is 3.00 bits per heavy atom. The van der Waals surface area contributed by atoms with Crippen molar-refractivity contribution in [2.24, 2.45) is 0 Å². The van der Waals surface area contributed by atoms with Crippen LogP contribution in [0, 0.1) is 0 Å². The van der Waals surface area contributed by atoms with Crippen LogP contribution in [0.3, 0.4) is 0 Å². The van der Waals surface area contributed by atoms with Crippen molar-refractivity contribution in [1.82, 2.24) is 0 Å². The monoisotopic (exact) mass is 314 g/mol. The fraction of sp³-hybridized carbons (Fsp3) is 0.571. The zero-order chi connectivity index (χ0) is 13.0. The van der Waals surface area contributed by atoms with E-state index in [4.69, 9.17) is 9.47 Å². The number of hydrogen-bond donors (Lipinski definition) is 1. The molecule has 1 N–H and O–H groups in total. The van der Waals surface area contributed by atoms with E-state index in [0.717, 1.165) is 35.2 Å². The lowest BCUT2D eigenvalue weighted by atomic mass is 10.0. The number of hydrogen-bond acceptors (Lipinski definition) is 3. The summed E-state index contributed by atoms with van der Waals surface area (Å²) in [7, 11) is 0. The Hall–Kier alpha value is -0.580. The molecule has 0 amide bonds. The first-order valence-electron chi connectivity index (χ1n) is 6.42. The van der Waals surface area contributed by atoms with Gasteiger partial charge in [-0.1, -0.05) is 6.07 Å². The highest BCUT2D eigenvalue weighted by atomic mass is 79.9. The molecule has 1 aliphatic rings. The van der Waals surface area contributed by atoms with E-state index >= 15 is 0 Å². The maximum absolute atomic E-state index is 10.2. The Balaban J connectivity index is 2.01. The van der Waals surface area contributed by atoms with Crippen LogP contribution in [-0.2, 0) is 4.74 Å². The van der Waals surface area contributed by atoms with Crippen LogP contribution < -0.4 is 4.74 Å². The number of aliphatic hydroxyl groups excluding tert-OH is 1. The molecule has 1 aromatic carbocycles. The Morgan fingerprint density at radius 1 is 1.56 bits per heavy atom. The molecule has 2 unspecified atom stereocenters. The van der Waals surface area contributed by atoms with Crippen molar-refractivity contribution < 1.29 is 14.6 Å². The molecule has 1 heterocycles. The number of halogens is 1. The number of benzene rings is 1. The van der Waals surface area contributed by atoms with Gasteiger partial charge in [0, 0.05) is 13.0 Å². The molecule has 0 aromatic heterocycles. The Morgan fingerprint density at radius 2 is 2.39 bits per heavy atom. The summed E-state index contributed by atoms with van der Waals surface area (Å²) < 4.78 is 11.9. The van der Waals surface area contributed by atoms with Crippen LogP contribution in [0.1, 0.15) is 37.9 Å². The molecule has 0 aliphatic carbocycles. The minimum Gasteiger partial charge on any atom is -0.493 e. The minimum absolute atomic E-state index is 0.199. The smallest absolute Gasteiger partial charge is 0.133 e. The molecule has 0 radical (unpaired) electrons. The summed E-state index contributed by atoms with van der Waals surface area (Å²) in [6.07, 6.45) is 2.55. The highest BCUT2D eigenvalue weighted by molar-refractivity contribution is 9.10. The van der Waals surface area contributed by atoms with Gasteiger partial charge in [-0.05, 0) is 53.4 Å². The lowest BCUT2D eigenvalue weighted by Crippen LogP contribution is -2.11. The molecule has 0 spiro atoms. The van der Waals surface area contributed by atoms with Crippen LogP contribution in [0.5, 0.6) is 5.75 Å². The van der Waals surface area contributed by atoms with E-state index < -0.39 is 6.10 Å². The number of rotatable bonds is 5. The van der Waals surface area contributed by atoms with Crippen LogP contribution >= 0.6 is 15.9 Å². The average molecular weight is 315 g/mol. The molecule has 18 heavy (non-hydrogen) atoms. The molecule has 1 aromatic rings. The largest absolute Gasteiger partial charge is 0.493 e. The lowest BCUT2D eigenvalue weighted by Gasteiger charge is -2.16. The number of aliphatic hydroxyl groups is 1. The summed E-state index contributed by atoms with van der Waals surface area (Å²) in [6.45, 7) is 3.41. The summed E-state index contributed by atoms with van der Waals surface area (Å²) in [5.74, 6) is 0.811. The quantitative estimate of drug-likeness (QED) is 0.904. The Kier molecular flexibility index (Phi) is 5.03. The summed E-state index contributed by atoms with van der Waals surface area (Å²) >= 11 is 3.46. The second-order valence-electron chi connectivity index (χ2n) is 4.51. The number of ether oxygens (including phenoxy) is 2. The molecular formula is C14H19BrO3. The van der Waals surface area contributed by atoms with E-state index in [1.54, 1.807) is 0 Å². The summed E-state index contributed by atoms with van der Waals surface area (Å²) in [4.78, 5) is 0. The topological polar surface area (TPSA) is 38.7 Å². The molecule has 0 saturated carbocycles. The molecule has 2 rings (SSSR count). The third-order valence-corrected chi connectivity index (χ3v) is 3.77. The van der Waals surface area contributed by atoms with Crippen LogP contribution in [0.4, 0.5) is 0 Å².